The Hall–Kier alpha value is -4.01. The molecule has 5 rings (SSSR count). The summed E-state index contributed by atoms with van der Waals surface area (Å²) in [5, 5.41) is 2.72. The van der Waals surface area contributed by atoms with Crippen molar-refractivity contribution in [3.63, 3.8) is 0 Å². The molecule has 1 saturated carbocycles. The van der Waals surface area contributed by atoms with E-state index in [1.54, 1.807) is 31.2 Å². The lowest BCUT2D eigenvalue weighted by Gasteiger charge is -2.25. The Labute approximate surface area is 200 Å². The van der Waals surface area contributed by atoms with E-state index in [9.17, 15) is 23.2 Å². The standard InChI is InChI=1S/C26H22F2N4O3/c1-14-24-19(9-17(27)11-30-24)20-12-29-22(26(28)7-8-26)10-21(20)32(25(14)35)13-23(34)31-18-5-3-16(4-6-18)15(2)33/h3-6,9-12,14H,7-8,13H2,1-2H3,(H,31,34)/t14-/m0/s1. The number of nitrogens with one attached hydrogen (secondary N) is 1. The minimum absolute atomic E-state index is 0.0982. The Bertz CT molecular complexity index is 1370. The van der Waals surface area contributed by atoms with Gasteiger partial charge in [0.15, 0.2) is 11.5 Å². The van der Waals surface area contributed by atoms with Crippen LogP contribution in [0, 0.1) is 5.82 Å². The molecule has 0 unspecified atom stereocenters. The molecule has 3 heterocycles. The molecule has 1 atom stereocenters. The molecular formula is C26H22F2N4O3. The van der Waals surface area contributed by atoms with Crippen LogP contribution in [0.1, 0.15) is 54.4 Å². The van der Waals surface area contributed by atoms with Crippen LogP contribution >= 0.6 is 0 Å². The number of carbonyl (C=O) groups is 3. The van der Waals surface area contributed by atoms with Crippen molar-refractivity contribution in [2.45, 2.75) is 38.3 Å². The Morgan fingerprint density at radius 3 is 2.49 bits per heavy atom. The van der Waals surface area contributed by atoms with Crippen molar-refractivity contribution in [1.82, 2.24) is 9.97 Å². The van der Waals surface area contributed by atoms with Crippen LogP contribution in [0.5, 0.6) is 0 Å². The zero-order valence-corrected chi connectivity index (χ0v) is 19.1. The first kappa shape index (κ1) is 22.8. The topological polar surface area (TPSA) is 92.3 Å². The fourth-order valence-electron chi connectivity index (χ4n) is 4.26. The minimum atomic E-state index is -1.56. The van der Waals surface area contributed by atoms with Crippen LogP contribution in [0.2, 0.25) is 0 Å². The molecule has 1 aliphatic heterocycles. The van der Waals surface area contributed by atoms with Crippen LogP contribution in [0.4, 0.5) is 20.2 Å². The third-order valence-electron chi connectivity index (χ3n) is 6.42. The number of alkyl halides is 1. The third-order valence-corrected chi connectivity index (χ3v) is 6.42. The Kier molecular flexibility index (Phi) is 5.42. The summed E-state index contributed by atoms with van der Waals surface area (Å²) in [5.74, 6) is -2.37. The molecule has 2 aromatic heterocycles. The van der Waals surface area contributed by atoms with E-state index in [0.29, 0.717) is 40.9 Å². The summed E-state index contributed by atoms with van der Waals surface area (Å²) in [5.41, 5.74) is 0.994. The van der Waals surface area contributed by atoms with E-state index in [0.717, 1.165) is 6.20 Å². The maximum absolute atomic E-state index is 14.9. The van der Waals surface area contributed by atoms with Gasteiger partial charge in [-0.05, 0) is 63.1 Å². The number of anilines is 2. The lowest BCUT2D eigenvalue weighted by atomic mass is 9.98. The van der Waals surface area contributed by atoms with Gasteiger partial charge in [0.05, 0.1) is 29.2 Å². The van der Waals surface area contributed by atoms with E-state index >= 15 is 0 Å². The number of ketones is 1. The molecular weight excluding hydrogens is 454 g/mol. The molecule has 3 aromatic rings. The third kappa shape index (κ3) is 4.18. The van der Waals surface area contributed by atoms with Gasteiger partial charge in [-0.15, -0.1) is 0 Å². The minimum Gasteiger partial charge on any atom is -0.325 e. The number of fused-ring (bicyclic) bond motifs is 3. The zero-order valence-electron chi connectivity index (χ0n) is 19.1. The van der Waals surface area contributed by atoms with Crippen LogP contribution in [0.25, 0.3) is 11.1 Å². The number of carbonyl (C=O) groups excluding carboxylic acids is 3. The highest BCUT2D eigenvalue weighted by Gasteiger charge is 2.47. The predicted octanol–water partition coefficient (Wildman–Crippen LogP) is 4.53. The average molecular weight is 476 g/mol. The second kappa shape index (κ2) is 8.33. The van der Waals surface area contributed by atoms with Crippen molar-refractivity contribution in [3.05, 3.63) is 71.6 Å². The van der Waals surface area contributed by atoms with Crippen molar-refractivity contribution in [1.29, 1.82) is 0 Å². The summed E-state index contributed by atoms with van der Waals surface area (Å²) in [6.07, 6.45) is 3.11. The largest absolute Gasteiger partial charge is 0.325 e. The van der Waals surface area contributed by atoms with Crippen molar-refractivity contribution in [2.75, 3.05) is 16.8 Å². The van der Waals surface area contributed by atoms with Gasteiger partial charge in [0.1, 0.15) is 12.4 Å². The van der Waals surface area contributed by atoms with Crippen LogP contribution < -0.4 is 10.2 Å². The summed E-state index contributed by atoms with van der Waals surface area (Å²) >= 11 is 0. The van der Waals surface area contributed by atoms with Gasteiger partial charge < -0.3 is 10.2 Å². The average Bonchev–Trinajstić information content (AvgIpc) is 3.60. The molecule has 2 amide bonds. The molecule has 1 N–H and O–H groups in total. The molecule has 0 spiro atoms. The Morgan fingerprint density at radius 1 is 1.11 bits per heavy atom. The summed E-state index contributed by atoms with van der Waals surface area (Å²) in [6, 6.07) is 9.13. The van der Waals surface area contributed by atoms with E-state index < -0.39 is 29.2 Å². The number of amides is 2. The number of rotatable bonds is 5. The van der Waals surface area contributed by atoms with Gasteiger partial charge in [-0.3, -0.25) is 24.4 Å². The molecule has 0 bridgehead atoms. The van der Waals surface area contributed by atoms with E-state index in [-0.39, 0.29) is 23.7 Å². The van der Waals surface area contributed by atoms with Gasteiger partial charge >= 0.3 is 0 Å². The number of Topliss-reactive ketones (excluding diaryl/α,β-unsaturated/α-hetero) is 1. The molecule has 1 fully saturated rings. The first-order chi connectivity index (χ1) is 16.7. The van der Waals surface area contributed by atoms with Crippen molar-refractivity contribution >= 4 is 29.0 Å². The number of hydrogen-bond donors (Lipinski definition) is 1. The zero-order chi connectivity index (χ0) is 24.9. The highest BCUT2D eigenvalue weighted by atomic mass is 19.1. The Balaban J connectivity index is 1.52. The van der Waals surface area contributed by atoms with Gasteiger partial charge in [-0.2, -0.15) is 0 Å². The SMILES string of the molecule is CC(=O)c1ccc(NC(=O)CN2C(=O)[C@@H](C)c3ncc(F)cc3-c3cnc(C4(F)CC4)cc32)cc1. The fourth-order valence-corrected chi connectivity index (χ4v) is 4.26. The summed E-state index contributed by atoms with van der Waals surface area (Å²) in [4.78, 5) is 47.6. The molecule has 0 radical (unpaired) electrons. The second-order valence-corrected chi connectivity index (χ2v) is 8.97. The number of aromatic nitrogens is 2. The predicted molar refractivity (Wildman–Crippen MR) is 125 cm³/mol. The number of hydrogen-bond acceptors (Lipinski definition) is 5. The summed E-state index contributed by atoms with van der Waals surface area (Å²) < 4.78 is 29.0. The first-order valence-electron chi connectivity index (χ1n) is 11.2. The Morgan fingerprint density at radius 2 is 1.83 bits per heavy atom. The highest BCUT2D eigenvalue weighted by molar-refractivity contribution is 6.09. The molecule has 0 saturated heterocycles. The monoisotopic (exact) mass is 476 g/mol. The number of benzene rings is 1. The number of pyridine rings is 2. The van der Waals surface area contributed by atoms with E-state index in [1.165, 1.54) is 30.2 Å². The lowest BCUT2D eigenvalue weighted by Crippen LogP contribution is -2.40. The van der Waals surface area contributed by atoms with Gasteiger partial charge in [0.25, 0.3) is 0 Å². The van der Waals surface area contributed by atoms with Gasteiger partial charge in [-0.1, -0.05) is 0 Å². The normalized spacial score (nSPS) is 17.8. The van der Waals surface area contributed by atoms with Crippen LogP contribution in [0.3, 0.4) is 0 Å². The van der Waals surface area contributed by atoms with Crippen LogP contribution in [-0.4, -0.2) is 34.1 Å². The van der Waals surface area contributed by atoms with Gasteiger partial charge in [-0.25, -0.2) is 8.78 Å². The second-order valence-electron chi connectivity index (χ2n) is 8.97. The molecule has 1 aliphatic carbocycles. The van der Waals surface area contributed by atoms with Crippen molar-refractivity contribution < 1.29 is 23.2 Å². The van der Waals surface area contributed by atoms with Crippen molar-refractivity contribution in [2.24, 2.45) is 0 Å². The molecule has 35 heavy (non-hydrogen) atoms. The number of nitrogens with zero attached hydrogens (tertiary/aromatic N) is 3. The molecule has 2 aliphatic rings. The lowest BCUT2D eigenvalue weighted by molar-refractivity contribution is -0.122. The van der Waals surface area contributed by atoms with Crippen LogP contribution in [0.15, 0.2) is 48.8 Å². The number of halogens is 2. The van der Waals surface area contributed by atoms with Crippen molar-refractivity contribution in [3.8, 4) is 11.1 Å². The molecule has 1 aromatic carbocycles. The van der Waals surface area contributed by atoms with E-state index in [2.05, 4.69) is 15.3 Å². The van der Waals surface area contributed by atoms with E-state index in [4.69, 9.17) is 0 Å². The maximum Gasteiger partial charge on any atom is 0.244 e. The summed E-state index contributed by atoms with van der Waals surface area (Å²) in [6.45, 7) is 2.72. The van der Waals surface area contributed by atoms with E-state index in [1.807, 2.05) is 0 Å². The summed E-state index contributed by atoms with van der Waals surface area (Å²) in [7, 11) is 0. The molecule has 9 heteroatoms. The first-order valence-corrected chi connectivity index (χ1v) is 11.2. The quantitative estimate of drug-likeness (QED) is 0.546. The van der Waals surface area contributed by atoms with Crippen LogP contribution in [-0.2, 0) is 15.3 Å². The fraction of sp³-hybridized carbons (Fsp3) is 0.269. The van der Waals surface area contributed by atoms with Gasteiger partial charge in [0.2, 0.25) is 11.8 Å². The maximum atomic E-state index is 14.9. The molecule has 178 valence electrons. The van der Waals surface area contributed by atoms with Gasteiger partial charge in [0, 0.05) is 28.6 Å². The smallest absolute Gasteiger partial charge is 0.244 e. The highest BCUT2D eigenvalue weighted by Crippen LogP contribution is 2.50. The molecule has 7 nitrogen and oxygen atoms in total.